The van der Waals surface area contributed by atoms with Gasteiger partial charge in [-0.2, -0.15) is 4.31 Å². The Labute approximate surface area is 156 Å². The fourth-order valence-corrected chi connectivity index (χ4v) is 5.65. The van der Waals surface area contributed by atoms with Gasteiger partial charge in [-0.1, -0.05) is 19.9 Å². The van der Waals surface area contributed by atoms with Gasteiger partial charge in [0.2, 0.25) is 10.0 Å². The van der Waals surface area contributed by atoms with Crippen LogP contribution in [0.4, 0.5) is 0 Å². The Morgan fingerprint density at radius 3 is 2.46 bits per heavy atom. The second kappa shape index (κ2) is 7.66. The first-order chi connectivity index (χ1) is 12.3. The summed E-state index contributed by atoms with van der Waals surface area (Å²) in [5.41, 5.74) is 0.415. The number of ether oxygens (including phenoxy) is 1. The Balaban J connectivity index is 1.83. The third-order valence-electron chi connectivity index (χ3n) is 5.08. The molecule has 0 bridgehead atoms. The molecule has 1 aromatic carbocycles. The van der Waals surface area contributed by atoms with Crippen LogP contribution in [0.2, 0.25) is 0 Å². The van der Waals surface area contributed by atoms with E-state index < -0.39 is 10.0 Å². The maximum Gasteiger partial charge on any atom is 0.254 e. The average Bonchev–Trinajstić information content (AvgIpc) is 2.60. The van der Waals surface area contributed by atoms with Gasteiger partial charge in [-0.3, -0.25) is 4.79 Å². The molecule has 26 heavy (non-hydrogen) atoms. The van der Waals surface area contributed by atoms with E-state index in [2.05, 4.69) is 13.8 Å². The van der Waals surface area contributed by atoms with Gasteiger partial charge in [-0.05, 0) is 43.4 Å². The van der Waals surface area contributed by atoms with Crippen LogP contribution in [-0.4, -0.2) is 62.4 Å². The Kier molecular flexibility index (Phi) is 5.69. The number of rotatable bonds is 3. The van der Waals surface area contributed by atoms with E-state index in [1.165, 1.54) is 6.07 Å². The first-order valence-electron chi connectivity index (χ1n) is 9.28. The molecule has 0 spiro atoms. The standard InChI is InChI=1S/C19H28N2O4S/c1-14-9-15(2)12-21(11-14)26(23,24)18-6-4-5-17(10-18)19(22)20-7-8-25-16(3)13-20/h4-6,10,14-16H,7-9,11-13H2,1-3H3. The summed E-state index contributed by atoms with van der Waals surface area (Å²) in [5, 5.41) is 0. The Hall–Kier alpha value is -1.44. The first kappa shape index (κ1) is 19.3. The molecular weight excluding hydrogens is 352 g/mol. The van der Waals surface area contributed by atoms with E-state index in [0.29, 0.717) is 50.2 Å². The molecule has 0 radical (unpaired) electrons. The highest BCUT2D eigenvalue weighted by atomic mass is 32.2. The molecule has 144 valence electrons. The number of hydrogen-bond donors (Lipinski definition) is 0. The van der Waals surface area contributed by atoms with Crippen LogP contribution in [0.15, 0.2) is 29.2 Å². The fourth-order valence-electron chi connectivity index (χ4n) is 3.93. The van der Waals surface area contributed by atoms with Crippen LogP contribution in [0.5, 0.6) is 0 Å². The highest BCUT2D eigenvalue weighted by Crippen LogP contribution is 2.27. The summed E-state index contributed by atoms with van der Waals surface area (Å²) in [4.78, 5) is 14.7. The number of piperidine rings is 1. The molecule has 0 aliphatic carbocycles. The number of morpholine rings is 1. The van der Waals surface area contributed by atoms with Crippen molar-refractivity contribution >= 4 is 15.9 Å². The van der Waals surface area contributed by atoms with Gasteiger partial charge in [0.15, 0.2) is 0 Å². The van der Waals surface area contributed by atoms with Gasteiger partial charge in [-0.25, -0.2) is 8.42 Å². The van der Waals surface area contributed by atoms with Crippen LogP contribution < -0.4 is 0 Å². The number of amides is 1. The normalized spacial score (nSPS) is 28.1. The summed E-state index contributed by atoms with van der Waals surface area (Å²) in [6, 6.07) is 6.43. The Bertz CT molecular complexity index is 755. The van der Waals surface area contributed by atoms with Gasteiger partial charge in [0.1, 0.15) is 0 Å². The van der Waals surface area contributed by atoms with Gasteiger partial charge >= 0.3 is 0 Å². The molecule has 0 aromatic heterocycles. The topological polar surface area (TPSA) is 66.9 Å². The van der Waals surface area contributed by atoms with Gasteiger partial charge in [0, 0.05) is 31.7 Å². The van der Waals surface area contributed by atoms with Crippen LogP contribution in [0.3, 0.4) is 0 Å². The lowest BCUT2D eigenvalue weighted by Gasteiger charge is -2.34. The molecule has 2 fully saturated rings. The largest absolute Gasteiger partial charge is 0.375 e. The van der Waals surface area contributed by atoms with Crippen molar-refractivity contribution in [3.63, 3.8) is 0 Å². The summed E-state index contributed by atoms with van der Waals surface area (Å²) in [5.74, 6) is 0.541. The maximum atomic E-state index is 13.1. The molecule has 2 aliphatic rings. The van der Waals surface area contributed by atoms with E-state index in [-0.39, 0.29) is 16.9 Å². The summed E-state index contributed by atoms with van der Waals surface area (Å²) in [6.07, 6.45) is 1.04. The molecule has 1 aromatic rings. The van der Waals surface area contributed by atoms with Crippen molar-refractivity contribution in [3.8, 4) is 0 Å². The molecule has 2 saturated heterocycles. The maximum absolute atomic E-state index is 13.1. The van der Waals surface area contributed by atoms with E-state index >= 15 is 0 Å². The quantitative estimate of drug-likeness (QED) is 0.806. The minimum atomic E-state index is -3.59. The van der Waals surface area contributed by atoms with E-state index in [9.17, 15) is 13.2 Å². The second-order valence-corrected chi connectivity index (χ2v) is 9.67. The number of benzene rings is 1. The van der Waals surface area contributed by atoms with Gasteiger partial charge in [-0.15, -0.1) is 0 Å². The Morgan fingerprint density at radius 2 is 1.81 bits per heavy atom. The van der Waals surface area contributed by atoms with Gasteiger partial charge in [0.25, 0.3) is 5.91 Å². The molecule has 3 atom stereocenters. The van der Waals surface area contributed by atoms with Crippen molar-refractivity contribution < 1.29 is 17.9 Å². The highest BCUT2D eigenvalue weighted by molar-refractivity contribution is 7.89. The third kappa shape index (κ3) is 4.10. The predicted octanol–water partition coefficient (Wildman–Crippen LogP) is 2.21. The van der Waals surface area contributed by atoms with E-state index in [4.69, 9.17) is 4.74 Å². The minimum absolute atomic E-state index is 0.00376. The van der Waals surface area contributed by atoms with Crippen LogP contribution in [0.1, 0.15) is 37.6 Å². The van der Waals surface area contributed by atoms with Crippen molar-refractivity contribution in [3.05, 3.63) is 29.8 Å². The molecule has 6 nitrogen and oxygen atoms in total. The van der Waals surface area contributed by atoms with Gasteiger partial charge < -0.3 is 9.64 Å². The summed E-state index contributed by atoms with van der Waals surface area (Å²) in [6.45, 7) is 8.72. The van der Waals surface area contributed by atoms with Crippen LogP contribution in [-0.2, 0) is 14.8 Å². The number of nitrogens with zero attached hydrogens (tertiary/aromatic N) is 2. The molecule has 2 aliphatic heterocycles. The zero-order valence-corrected chi connectivity index (χ0v) is 16.5. The molecule has 3 unspecified atom stereocenters. The Morgan fingerprint density at radius 1 is 1.12 bits per heavy atom. The molecule has 3 rings (SSSR count). The zero-order valence-electron chi connectivity index (χ0n) is 15.7. The SMILES string of the molecule is CC1CC(C)CN(S(=O)(=O)c2cccc(C(=O)N3CCOC(C)C3)c2)C1. The van der Waals surface area contributed by atoms with E-state index in [1.807, 2.05) is 6.92 Å². The molecule has 2 heterocycles. The molecular formula is C19H28N2O4S. The lowest BCUT2D eigenvalue weighted by Crippen LogP contribution is -2.44. The molecule has 7 heteroatoms. The fraction of sp³-hybridized carbons (Fsp3) is 0.632. The zero-order chi connectivity index (χ0) is 18.9. The lowest BCUT2D eigenvalue weighted by molar-refractivity contribution is -0.0124. The van der Waals surface area contributed by atoms with Crippen molar-refractivity contribution in [2.45, 2.75) is 38.2 Å². The molecule has 1 amide bonds. The van der Waals surface area contributed by atoms with Crippen molar-refractivity contribution in [1.29, 1.82) is 0 Å². The molecule has 0 N–H and O–H groups in total. The predicted molar refractivity (Wildman–Crippen MR) is 99.5 cm³/mol. The number of carbonyl (C=O) groups excluding carboxylic acids is 1. The first-order valence-corrected chi connectivity index (χ1v) is 10.7. The van der Waals surface area contributed by atoms with Gasteiger partial charge in [0.05, 0.1) is 17.6 Å². The van der Waals surface area contributed by atoms with Crippen molar-refractivity contribution in [2.75, 3.05) is 32.8 Å². The summed E-state index contributed by atoms with van der Waals surface area (Å²) >= 11 is 0. The monoisotopic (exact) mass is 380 g/mol. The molecule has 0 saturated carbocycles. The summed E-state index contributed by atoms with van der Waals surface area (Å²) in [7, 11) is -3.59. The second-order valence-electron chi connectivity index (χ2n) is 7.73. The smallest absolute Gasteiger partial charge is 0.254 e. The van der Waals surface area contributed by atoms with E-state index in [0.717, 1.165) is 6.42 Å². The average molecular weight is 381 g/mol. The lowest BCUT2D eigenvalue weighted by atomic mass is 9.94. The van der Waals surface area contributed by atoms with Crippen LogP contribution in [0.25, 0.3) is 0 Å². The number of hydrogen-bond acceptors (Lipinski definition) is 4. The van der Waals surface area contributed by atoms with Crippen molar-refractivity contribution in [1.82, 2.24) is 9.21 Å². The highest BCUT2D eigenvalue weighted by Gasteiger charge is 2.32. The third-order valence-corrected chi connectivity index (χ3v) is 6.91. The minimum Gasteiger partial charge on any atom is -0.375 e. The van der Waals surface area contributed by atoms with Crippen molar-refractivity contribution in [2.24, 2.45) is 11.8 Å². The van der Waals surface area contributed by atoms with Crippen LogP contribution >= 0.6 is 0 Å². The van der Waals surface area contributed by atoms with E-state index in [1.54, 1.807) is 27.4 Å². The number of sulfonamides is 1. The number of carbonyl (C=O) groups is 1. The summed E-state index contributed by atoms with van der Waals surface area (Å²) < 4.78 is 33.2. The van der Waals surface area contributed by atoms with Crippen LogP contribution in [0, 0.1) is 11.8 Å².